The minimum Gasteiger partial charge on any atom is -0.495 e. The molecule has 1 amide bonds. The van der Waals surface area contributed by atoms with E-state index in [-0.39, 0.29) is 10.6 Å². The molecule has 8 nitrogen and oxygen atoms in total. The van der Waals surface area contributed by atoms with Crippen LogP contribution in [0, 0.1) is 6.92 Å². The number of anilines is 2. The fraction of sp³-hybridized carbons (Fsp3) is 0.208. The molecule has 0 radical (unpaired) electrons. The lowest BCUT2D eigenvalue weighted by molar-refractivity contribution is -0.114. The molecule has 3 aromatic rings. The van der Waals surface area contributed by atoms with Crippen molar-refractivity contribution in [3.8, 4) is 17.2 Å². The van der Waals surface area contributed by atoms with Gasteiger partial charge >= 0.3 is 0 Å². The zero-order valence-corrected chi connectivity index (χ0v) is 19.7. The Morgan fingerprint density at radius 2 is 1.48 bits per heavy atom. The molecule has 0 aliphatic rings. The smallest absolute Gasteiger partial charge is 0.264 e. The van der Waals surface area contributed by atoms with E-state index in [0.29, 0.717) is 22.9 Å². The lowest BCUT2D eigenvalue weighted by atomic mass is 10.2. The Labute approximate surface area is 193 Å². The molecule has 0 heterocycles. The molecule has 0 saturated carbocycles. The summed E-state index contributed by atoms with van der Waals surface area (Å²) in [6.07, 6.45) is 0. The number of carbonyl (C=O) groups is 1. The van der Waals surface area contributed by atoms with E-state index in [1.807, 2.05) is 13.0 Å². The van der Waals surface area contributed by atoms with Gasteiger partial charge in [-0.3, -0.25) is 9.10 Å². The number of amides is 1. The van der Waals surface area contributed by atoms with Gasteiger partial charge < -0.3 is 19.5 Å². The lowest BCUT2D eigenvalue weighted by Gasteiger charge is -2.24. The highest BCUT2D eigenvalue weighted by molar-refractivity contribution is 7.92. The Bertz CT molecular complexity index is 1230. The standard InChI is InChI=1S/C24H26N2O6S/c1-17-10-12-21(30-2)20(14-17)25-24(27)16-26(18-8-6-5-7-9-18)33(28,29)19-11-13-22(31-3)23(15-19)32-4/h5-15H,16H2,1-4H3,(H,25,27). The van der Waals surface area contributed by atoms with Crippen molar-refractivity contribution in [1.29, 1.82) is 0 Å². The van der Waals surface area contributed by atoms with E-state index in [1.54, 1.807) is 42.5 Å². The first-order chi connectivity index (χ1) is 15.8. The fourth-order valence-corrected chi connectivity index (χ4v) is 4.69. The maximum Gasteiger partial charge on any atom is 0.264 e. The Kier molecular flexibility index (Phi) is 7.44. The monoisotopic (exact) mass is 470 g/mol. The summed E-state index contributed by atoms with van der Waals surface area (Å²) in [6.45, 7) is 1.44. The quantitative estimate of drug-likeness (QED) is 0.511. The first-order valence-corrected chi connectivity index (χ1v) is 11.5. The molecule has 0 aromatic heterocycles. The largest absolute Gasteiger partial charge is 0.495 e. The zero-order valence-electron chi connectivity index (χ0n) is 18.9. The Morgan fingerprint density at radius 1 is 0.848 bits per heavy atom. The van der Waals surface area contributed by atoms with Crippen molar-refractivity contribution >= 4 is 27.3 Å². The van der Waals surface area contributed by atoms with E-state index in [9.17, 15) is 13.2 Å². The molecular formula is C24H26N2O6S. The summed E-state index contributed by atoms with van der Waals surface area (Å²) in [5.41, 5.74) is 1.72. The number of nitrogens with zero attached hydrogens (tertiary/aromatic N) is 1. The number of rotatable bonds is 9. The first kappa shape index (κ1) is 23.9. The molecule has 0 aliphatic carbocycles. The molecule has 0 spiro atoms. The second kappa shape index (κ2) is 10.3. The molecule has 1 N–H and O–H groups in total. The van der Waals surface area contributed by atoms with E-state index in [1.165, 1.54) is 39.5 Å². The summed E-state index contributed by atoms with van der Waals surface area (Å²) < 4.78 is 44.0. The summed E-state index contributed by atoms with van der Waals surface area (Å²) >= 11 is 0. The third-order valence-corrected chi connectivity index (χ3v) is 6.67. The summed E-state index contributed by atoms with van der Waals surface area (Å²) in [5.74, 6) is 0.613. The number of hydrogen-bond acceptors (Lipinski definition) is 6. The summed E-state index contributed by atoms with van der Waals surface area (Å²) in [5, 5.41) is 2.75. The minimum atomic E-state index is -4.12. The predicted molar refractivity (Wildman–Crippen MR) is 127 cm³/mol. The predicted octanol–water partition coefficient (Wildman–Crippen LogP) is 3.85. The van der Waals surface area contributed by atoms with Gasteiger partial charge in [-0.1, -0.05) is 24.3 Å². The Morgan fingerprint density at radius 3 is 2.12 bits per heavy atom. The maximum absolute atomic E-state index is 13.6. The maximum atomic E-state index is 13.6. The van der Waals surface area contributed by atoms with Crippen LogP contribution < -0.4 is 23.8 Å². The van der Waals surface area contributed by atoms with Crippen molar-refractivity contribution in [2.24, 2.45) is 0 Å². The van der Waals surface area contributed by atoms with Gasteiger partial charge in [0.05, 0.1) is 37.6 Å². The number of carbonyl (C=O) groups excluding carboxylic acids is 1. The van der Waals surface area contributed by atoms with Gasteiger partial charge in [-0.25, -0.2) is 8.42 Å². The normalized spacial score (nSPS) is 10.9. The number of para-hydroxylation sites is 1. The van der Waals surface area contributed by atoms with Crippen LogP contribution in [0.5, 0.6) is 17.2 Å². The van der Waals surface area contributed by atoms with Gasteiger partial charge in [0.1, 0.15) is 12.3 Å². The van der Waals surface area contributed by atoms with Crippen LogP contribution in [0.1, 0.15) is 5.56 Å². The number of sulfonamides is 1. The third-order valence-electron chi connectivity index (χ3n) is 4.90. The molecule has 33 heavy (non-hydrogen) atoms. The molecule has 174 valence electrons. The summed E-state index contributed by atoms with van der Waals surface area (Å²) in [4.78, 5) is 12.9. The van der Waals surface area contributed by atoms with Crippen LogP contribution in [-0.4, -0.2) is 42.2 Å². The van der Waals surface area contributed by atoms with Gasteiger partial charge in [-0.2, -0.15) is 0 Å². The van der Waals surface area contributed by atoms with Crippen LogP contribution in [0.3, 0.4) is 0 Å². The van der Waals surface area contributed by atoms with Gasteiger partial charge in [-0.05, 0) is 48.9 Å². The number of ether oxygens (including phenoxy) is 3. The van der Waals surface area contributed by atoms with Gasteiger partial charge in [0.15, 0.2) is 11.5 Å². The summed E-state index contributed by atoms with van der Waals surface area (Å²) in [7, 11) is 0.268. The second-order valence-electron chi connectivity index (χ2n) is 7.12. The number of hydrogen-bond donors (Lipinski definition) is 1. The Hall–Kier alpha value is -3.72. The van der Waals surface area contributed by atoms with Crippen LogP contribution >= 0.6 is 0 Å². The summed E-state index contributed by atoms with van der Waals surface area (Å²) in [6, 6.07) is 18.0. The average Bonchev–Trinajstić information content (AvgIpc) is 2.82. The third kappa shape index (κ3) is 5.38. The van der Waals surface area contributed by atoms with Crippen LogP contribution in [0.15, 0.2) is 71.6 Å². The average molecular weight is 471 g/mol. The zero-order chi connectivity index (χ0) is 24.0. The van der Waals surface area contributed by atoms with Crippen molar-refractivity contribution in [2.45, 2.75) is 11.8 Å². The van der Waals surface area contributed by atoms with E-state index in [2.05, 4.69) is 5.32 Å². The van der Waals surface area contributed by atoms with Crippen LogP contribution in [0.2, 0.25) is 0 Å². The number of aryl methyl sites for hydroxylation is 1. The molecule has 0 fully saturated rings. The topological polar surface area (TPSA) is 94.2 Å². The van der Waals surface area contributed by atoms with Crippen LogP contribution in [-0.2, 0) is 14.8 Å². The van der Waals surface area contributed by atoms with Gasteiger partial charge in [0.25, 0.3) is 10.0 Å². The SMILES string of the molecule is COc1ccc(C)cc1NC(=O)CN(c1ccccc1)S(=O)(=O)c1ccc(OC)c(OC)c1. The molecule has 0 saturated heterocycles. The molecule has 9 heteroatoms. The molecule has 0 unspecified atom stereocenters. The number of benzene rings is 3. The molecular weight excluding hydrogens is 444 g/mol. The second-order valence-corrected chi connectivity index (χ2v) is 8.98. The highest BCUT2D eigenvalue weighted by atomic mass is 32.2. The van der Waals surface area contributed by atoms with Gasteiger partial charge in [0.2, 0.25) is 5.91 Å². The van der Waals surface area contributed by atoms with Crippen LogP contribution in [0.25, 0.3) is 0 Å². The van der Waals surface area contributed by atoms with Gasteiger partial charge in [-0.15, -0.1) is 0 Å². The molecule has 0 aliphatic heterocycles. The minimum absolute atomic E-state index is 0.0371. The Balaban J connectivity index is 1.98. The van der Waals surface area contributed by atoms with Crippen molar-refractivity contribution in [1.82, 2.24) is 0 Å². The lowest BCUT2D eigenvalue weighted by Crippen LogP contribution is -2.38. The van der Waals surface area contributed by atoms with E-state index in [0.717, 1.165) is 9.87 Å². The molecule has 3 aromatic carbocycles. The highest BCUT2D eigenvalue weighted by Gasteiger charge is 2.28. The van der Waals surface area contributed by atoms with E-state index >= 15 is 0 Å². The van der Waals surface area contributed by atoms with Gasteiger partial charge in [0, 0.05) is 6.07 Å². The first-order valence-electron chi connectivity index (χ1n) is 10.0. The molecule has 0 atom stereocenters. The van der Waals surface area contributed by atoms with E-state index < -0.39 is 22.5 Å². The number of methoxy groups -OCH3 is 3. The van der Waals surface area contributed by atoms with E-state index in [4.69, 9.17) is 14.2 Å². The van der Waals surface area contributed by atoms with Crippen molar-refractivity contribution < 1.29 is 27.4 Å². The van der Waals surface area contributed by atoms with Crippen LogP contribution in [0.4, 0.5) is 11.4 Å². The van der Waals surface area contributed by atoms with Crippen molar-refractivity contribution in [3.63, 3.8) is 0 Å². The molecule has 0 bridgehead atoms. The van der Waals surface area contributed by atoms with Crippen molar-refractivity contribution in [3.05, 3.63) is 72.3 Å². The number of nitrogens with one attached hydrogen (secondary N) is 1. The van der Waals surface area contributed by atoms with Crippen molar-refractivity contribution in [2.75, 3.05) is 37.5 Å². The molecule has 3 rings (SSSR count). The fourth-order valence-electron chi connectivity index (χ4n) is 3.25. The highest BCUT2D eigenvalue weighted by Crippen LogP contribution is 2.32.